The SMILES string of the molecule is N#Cc1ccc(CC(=O)NCC2(CO)CC2)cc1. The van der Waals surface area contributed by atoms with Crippen LogP contribution in [0.2, 0.25) is 0 Å². The van der Waals surface area contributed by atoms with E-state index < -0.39 is 0 Å². The monoisotopic (exact) mass is 244 g/mol. The highest BCUT2D eigenvalue weighted by Crippen LogP contribution is 2.44. The van der Waals surface area contributed by atoms with Crippen LogP contribution in [0, 0.1) is 16.7 Å². The third-order valence-corrected chi connectivity index (χ3v) is 3.40. The van der Waals surface area contributed by atoms with E-state index in [-0.39, 0.29) is 17.9 Å². The molecule has 0 aliphatic heterocycles. The molecular weight excluding hydrogens is 228 g/mol. The topological polar surface area (TPSA) is 73.1 Å². The fourth-order valence-electron chi connectivity index (χ4n) is 1.80. The van der Waals surface area contributed by atoms with E-state index in [0.717, 1.165) is 18.4 Å². The summed E-state index contributed by atoms with van der Waals surface area (Å²) in [7, 11) is 0. The van der Waals surface area contributed by atoms with Gasteiger partial charge in [0.15, 0.2) is 0 Å². The van der Waals surface area contributed by atoms with Gasteiger partial charge < -0.3 is 10.4 Å². The van der Waals surface area contributed by atoms with Crippen molar-refractivity contribution in [2.45, 2.75) is 19.3 Å². The molecular formula is C14H16N2O2. The van der Waals surface area contributed by atoms with Crippen LogP contribution in [0.1, 0.15) is 24.0 Å². The van der Waals surface area contributed by atoms with Crippen molar-refractivity contribution in [3.8, 4) is 6.07 Å². The lowest BCUT2D eigenvalue weighted by atomic mass is 10.1. The predicted molar refractivity (Wildman–Crippen MR) is 66.6 cm³/mol. The minimum absolute atomic E-state index is 0.0422. The molecule has 0 atom stereocenters. The van der Waals surface area contributed by atoms with Crippen LogP contribution in [-0.4, -0.2) is 24.2 Å². The maximum absolute atomic E-state index is 11.7. The van der Waals surface area contributed by atoms with E-state index in [4.69, 9.17) is 10.4 Å². The first-order valence-corrected chi connectivity index (χ1v) is 6.04. The second-order valence-electron chi connectivity index (χ2n) is 4.92. The molecule has 1 aliphatic rings. The van der Waals surface area contributed by atoms with E-state index >= 15 is 0 Å². The van der Waals surface area contributed by atoms with E-state index in [0.29, 0.717) is 18.5 Å². The van der Waals surface area contributed by atoms with E-state index in [1.165, 1.54) is 0 Å². The van der Waals surface area contributed by atoms with Gasteiger partial charge in [-0.05, 0) is 30.5 Å². The van der Waals surface area contributed by atoms with Crippen molar-refractivity contribution in [1.82, 2.24) is 5.32 Å². The van der Waals surface area contributed by atoms with Gasteiger partial charge in [0.1, 0.15) is 0 Å². The number of carbonyl (C=O) groups excluding carboxylic acids is 1. The number of nitrogens with zero attached hydrogens (tertiary/aromatic N) is 1. The van der Waals surface area contributed by atoms with Crippen molar-refractivity contribution >= 4 is 5.91 Å². The summed E-state index contributed by atoms with van der Waals surface area (Å²) in [5.74, 6) is -0.0422. The molecule has 1 fully saturated rings. The molecule has 1 aromatic rings. The second-order valence-corrected chi connectivity index (χ2v) is 4.92. The lowest BCUT2D eigenvalue weighted by Crippen LogP contribution is -2.32. The maximum atomic E-state index is 11.7. The lowest BCUT2D eigenvalue weighted by Gasteiger charge is -2.12. The molecule has 2 rings (SSSR count). The van der Waals surface area contributed by atoms with Crippen LogP contribution in [0.5, 0.6) is 0 Å². The Labute approximate surface area is 106 Å². The number of carbonyl (C=O) groups is 1. The minimum atomic E-state index is -0.0552. The van der Waals surface area contributed by atoms with Gasteiger partial charge in [-0.2, -0.15) is 5.26 Å². The van der Waals surface area contributed by atoms with Crippen LogP contribution in [0.4, 0.5) is 0 Å². The third-order valence-electron chi connectivity index (χ3n) is 3.40. The largest absolute Gasteiger partial charge is 0.396 e. The lowest BCUT2D eigenvalue weighted by molar-refractivity contribution is -0.120. The summed E-state index contributed by atoms with van der Waals surface area (Å²) < 4.78 is 0. The number of amides is 1. The summed E-state index contributed by atoms with van der Waals surface area (Å²) in [5, 5.41) is 20.6. The second kappa shape index (κ2) is 5.19. The molecule has 4 nitrogen and oxygen atoms in total. The maximum Gasteiger partial charge on any atom is 0.224 e. The Morgan fingerprint density at radius 2 is 2.06 bits per heavy atom. The number of hydrogen-bond acceptors (Lipinski definition) is 3. The summed E-state index contributed by atoms with van der Waals surface area (Å²) in [5.41, 5.74) is 1.43. The van der Waals surface area contributed by atoms with E-state index in [9.17, 15) is 4.79 Å². The minimum Gasteiger partial charge on any atom is -0.396 e. The van der Waals surface area contributed by atoms with Gasteiger partial charge in [0.2, 0.25) is 5.91 Å². The Hall–Kier alpha value is -1.86. The number of rotatable bonds is 5. The summed E-state index contributed by atoms with van der Waals surface area (Å²) in [6, 6.07) is 9.03. The summed E-state index contributed by atoms with van der Waals surface area (Å²) in [6.45, 7) is 0.697. The molecule has 0 bridgehead atoms. The molecule has 18 heavy (non-hydrogen) atoms. The highest BCUT2D eigenvalue weighted by molar-refractivity contribution is 5.78. The van der Waals surface area contributed by atoms with Crippen molar-refractivity contribution < 1.29 is 9.90 Å². The Kier molecular flexibility index (Phi) is 3.63. The molecule has 1 amide bonds. The fraction of sp³-hybridized carbons (Fsp3) is 0.429. The summed E-state index contributed by atoms with van der Waals surface area (Å²) in [6.07, 6.45) is 2.29. The number of nitriles is 1. The Morgan fingerprint density at radius 3 is 2.56 bits per heavy atom. The standard InChI is InChI=1S/C14H16N2O2/c15-8-12-3-1-11(2-4-12)7-13(18)16-9-14(10-17)5-6-14/h1-4,17H,5-7,9-10H2,(H,16,18). The molecule has 1 aromatic carbocycles. The van der Waals surface area contributed by atoms with Crippen LogP contribution in [0.25, 0.3) is 0 Å². The highest BCUT2D eigenvalue weighted by atomic mass is 16.3. The molecule has 0 saturated heterocycles. The summed E-state index contributed by atoms with van der Waals surface area (Å²) in [4.78, 5) is 11.7. The van der Waals surface area contributed by atoms with E-state index in [2.05, 4.69) is 5.32 Å². The van der Waals surface area contributed by atoms with Gasteiger partial charge in [-0.1, -0.05) is 12.1 Å². The molecule has 94 valence electrons. The van der Waals surface area contributed by atoms with Gasteiger partial charge in [0.25, 0.3) is 0 Å². The van der Waals surface area contributed by atoms with Crippen LogP contribution < -0.4 is 5.32 Å². The normalized spacial score (nSPS) is 15.8. The van der Waals surface area contributed by atoms with Crippen molar-refractivity contribution in [2.24, 2.45) is 5.41 Å². The smallest absolute Gasteiger partial charge is 0.224 e. The molecule has 1 saturated carbocycles. The average Bonchev–Trinajstić information content (AvgIpc) is 3.18. The first kappa shape index (κ1) is 12.6. The van der Waals surface area contributed by atoms with Gasteiger partial charge >= 0.3 is 0 Å². The molecule has 0 aromatic heterocycles. The van der Waals surface area contributed by atoms with Crippen LogP contribution >= 0.6 is 0 Å². The summed E-state index contributed by atoms with van der Waals surface area (Å²) >= 11 is 0. The molecule has 0 spiro atoms. The number of benzene rings is 1. The molecule has 0 unspecified atom stereocenters. The van der Waals surface area contributed by atoms with Crippen LogP contribution in [0.3, 0.4) is 0 Å². The first-order chi connectivity index (χ1) is 8.67. The quantitative estimate of drug-likeness (QED) is 0.811. The van der Waals surface area contributed by atoms with Gasteiger partial charge in [0, 0.05) is 12.0 Å². The zero-order valence-electron chi connectivity index (χ0n) is 10.1. The van der Waals surface area contributed by atoms with Gasteiger partial charge in [-0.15, -0.1) is 0 Å². The molecule has 4 heteroatoms. The molecule has 1 aliphatic carbocycles. The van der Waals surface area contributed by atoms with Crippen molar-refractivity contribution in [3.63, 3.8) is 0 Å². The van der Waals surface area contributed by atoms with E-state index in [1.807, 2.05) is 6.07 Å². The Bertz CT molecular complexity index is 470. The van der Waals surface area contributed by atoms with Crippen molar-refractivity contribution in [1.29, 1.82) is 5.26 Å². The number of hydrogen-bond donors (Lipinski definition) is 2. The number of nitrogens with one attached hydrogen (secondary N) is 1. The number of aliphatic hydroxyl groups excluding tert-OH is 1. The zero-order valence-corrected chi connectivity index (χ0v) is 10.1. The van der Waals surface area contributed by atoms with Crippen LogP contribution in [0.15, 0.2) is 24.3 Å². The van der Waals surface area contributed by atoms with Crippen molar-refractivity contribution in [2.75, 3.05) is 13.2 Å². The Balaban J connectivity index is 1.81. The molecule has 0 heterocycles. The zero-order chi connectivity index (χ0) is 13.0. The van der Waals surface area contributed by atoms with Gasteiger partial charge in [-0.3, -0.25) is 4.79 Å². The van der Waals surface area contributed by atoms with E-state index in [1.54, 1.807) is 24.3 Å². The van der Waals surface area contributed by atoms with Crippen LogP contribution in [-0.2, 0) is 11.2 Å². The third kappa shape index (κ3) is 3.08. The van der Waals surface area contributed by atoms with Gasteiger partial charge in [0.05, 0.1) is 24.7 Å². The predicted octanol–water partition coefficient (Wildman–Crippen LogP) is 0.989. The Morgan fingerprint density at radius 1 is 1.39 bits per heavy atom. The fourth-order valence-corrected chi connectivity index (χ4v) is 1.80. The van der Waals surface area contributed by atoms with Crippen molar-refractivity contribution in [3.05, 3.63) is 35.4 Å². The van der Waals surface area contributed by atoms with Gasteiger partial charge in [-0.25, -0.2) is 0 Å². The molecule has 0 radical (unpaired) electrons. The first-order valence-electron chi connectivity index (χ1n) is 6.04. The average molecular weight is 244 g/mol. The highest BCUT2D eigenvalue weighted by Gasteiger charge is 2.41. The molecule has 2 N–H and O–H groups in total. The number of aliphatic hydroxyl groups is 1.